The van der Waals surface area contributed by atoms with Gasteiger partial charge in [-0.1, -0.05) is 49.3 Å². The molecule has 0 spiro atoms. The highest BCUT2D eigenvalue weighted by molar-refractivity contribution is 6.43. The molecule has 1 aliphatic rings. The van der Waals surface area contributed by atoms with E-state index in [2.05, 4.69) is 25.8 Å². The van der Waals surface area contributed by atoms with Gasteiger partial charge in [0.05, 0.1) is 24.4 Å². The number of benzene rings is 1. The molecule has 0 bridgehead atoms. The summed E-state index contributed by atoms with van der Waals surface area (Å²) in [6.45, 7) is 3.92. The minimum absolute atomic E-state index is 0.0667. The third-order valence-electron chi connectivity index (χ3n) is 5.24. The lowest BCUT2D eigenvalue weighted by Crippen LogP contribution is -2.56. The van der Waals surface area contributed by atoms with E-state index in [1.807, 2.05) is 44.2 Å². The topological polar surface area (TPSA) is 146 Å². The van der Waals surface area contributed by atoms with E-state index in [-0.39, 0.29) is 31.0 Å². The maximum absolute atomic E-state index is 13.3. The molecule has 4 N–H and O–H groups in total. The molecule has 1 aromatic carbocycles. The second-order valence-electron chi connectivity index (χ2n) is 8.48. The fourth-order valence-corrected chi connectivity index (χ4v) is 3.62. The van der Waals surface area contributed by atoms with E-state index >= 15 is 0 Å². The fourth-order valence-electron chi connectivity index (χ4n) is 3.62. The van der Waals surface area contributed by atoms with E-state index in [1.54, 1.807) is 0 Å². The summed E-state index contributed by atoms with van der Waals surface area (Å²) in [4.78, 5) is 39.1. The van der Waals surface area contributed by atoms with Crippen molar-refractivity contribution in [3.8, 4) is 0 Å². The van der Waals surface area contributed by atoms with E-state index in [4.69, 9.17) is 4.84 Å². The van der Waals surface area contributed by atoms with Crippen LogP contribution in [-0.4, -0.2) is 62.7 Å². The van der Waals surface area contributed by atoms with Crippen LogP contribution in [0.25, 0.3) is 0 Å². The number of hydrogen-bond acceptors (Lipinski definition) is 8. The van der Waals surface area contributed by atoms with Crippen molar-refractivity contribution >= 4 is 24.6 Å². The molecule has 1 aliphatic heterocycles. The molecule has 11 heteroatoms. The zero-order valence-corrected chi connectivity index (χ0v) is 18.6. The summed E-state index contributed by atoms with van der Waals surface area (Å²) in [5.41, 5.74) is 0.123. The molecule has 1 aromatic heterocycles. The summed E-state index contributed by atoms with van der Waals surface area (Å²) < 4.78 is 0. The van der Waals surface area contributed by atoms with Gasteiger partial charge in [0.1, 0.15) is 5.69 Å². The number of amides is 2. The van der Waals surface area contributed by atoms with Crippen molar-refractivity contribution in [1.29, 1.82) is 0 Å². The molecule has 2 amide bonds. The third kappa shape index (κ3) is 6.59. The molecule has 1 unspecified atom stereocenters. The maximum Gasteiger partial charge on any atom is 0.475 e. The SMILES string of the molecule is CC(C)C[C@H](NC(=O)C1(Cc2ccccc2)CC(CNC(=O)c2cnccn2)=NO1)B(O)O. The molecule has 174 valence electrons. The molecular formula is C22H28BN5O5. The zero-order chi connectivity index (χ0) is 23.8. The molecule has 0 saturated heterocycles. The standard InChI is InChI=1S/C22H28BN5O5/c1-15(2)10-19(23(31)32)27-21(30)22(11-16-6-4-3-5-7-16)12-17(28-33-22)13-26-20(29)18-14-24-8-9-25-18/h3-9,14-15,19,31-32H,10-13H2,1-2H3,(H,26,29)(H,27,30)/t19-,22?/m0/s1. The van der Waals surface area contributed by atoms with Crippen LogP contribution < -0.4 is 10.6 Å². The molecule has 0 saturated carbocycles. The first-order valence-electron chi connectivity index (χ1n) is 10.8. The van der Waals surface area contributed by atoms with Crippen molar-refractivity contribution in [3.05, 3.63) is 60.2 Å². The van der Waals surface area contributed by atoms with Crippen LogP contribution in [0.1, 0.15) is 42.7 Å². The summed E-state index contributed by atoms with van der Waals surface area (Å²) in [5.74, 6) is -1.63. The second-order valence-corrected chi connectivity index (χ2v) is 8.48. The predicted octanol–water partition coefficient (Wildman–Crippen LogP) is 0.507. The van der Waals surface area contributed by atoms with E-state index in [9.17, 15) is 19.6 Å². The van der Waals surface area contributed by atoms with Gasteiger partial charge in [0.15, 0.2) is 0 Å². The Hall–Kier alpha value is -3.31. The minimum Gasteiger partial charge on any atom is -0.426 e. The summed E-state index contributed by atoms with van der Waals surface area (Å²) in [6.07, 6.45) is 4.98. The van der Waals surface area contributed by atoms with Crippen LogP contribution >= 0.6 is 0 Å². The monoisotopic (exact) mass is 453 g/mol. The number of oxime groups is 1. The molecule has 2 atom stereocenters. The summed E-state index contributed by atoms with van der Waals surface area (Å²) >= 11 is 0. The van der Waals surface area contributed by atoms with Gasteiger partial charge in [-0.15, -0.1) is 0 Å². The number of carbonyl (C=O) groups is 2. The smallest absolute Gasteiger partial charge is 0.426 e. The van der Waals surface area contributed by atoms with Crippen LogP contribution in [0.15, 0.2) is 54.1 Å². The van der Waals surface area contributed by atoms with Crippen molar-refractivity contribution in [3.63, 3.8) is 0 Å². The Balaban J connectivity index is 1.72. The first-order chi connectivity index (χ1) is 15.8. The van der Waals surface area contributed by atoms with E-state index in [0.29, 0.717) is 12.1 Å². The van der Waals surface area contributed by atoms with Gasteiger partial charge >= 0.3 is 7.12 Å². The van der Waals surface area contributed by atoms with Gasteiger partial charge in [0.2, 0.25) is 5.60 Å². The molecule has 0 radical (unpaired) electrons. The molecule has 2 aromatic rings. The maximum atomic E-state index is 13.3. The predicted molar refractivity (Wildman–Crippen MR) is 122 cm³/mol. The van der Waals surface area contributed by atoms with Crippen LogP contribution in [0.5, 0.6) is 0 Å². The van der Waals surface area contributed by atoms with Gasteiger partial charge in [0.25, 0.3) is 11.8 Å². The highest BCUT2D eigenvalue weighted by atomic mass is 16.7. The molecule has 3 rings (SSSR count). The lowest BCUT2D eigenvalue weighted by Gasteiger charge is -2.29. The highest BCUT2D eigenvalue weighted by Gasteiger charge is 2.48. The van der Waals surface area contributed by atoms with Gasteiger partial charge in [0, 0.05) is 25.2 Å². The first kappa shape index (κ1) is 24.3. The number of carbonyl (C=O) groups excluding carboxylic acids is 2. The molecule has 0 aliphatic carbocycles. The van der Waals surface area contributed by atoms with Crippen LogP contribution in [0, 0.1) is 5.92 Å². The molecule has 2 heterocycles. The second kappa shape index (κ2) is 11.0. The Labute approximate surface area is 192 Å². The lowest BCUT2D eigenvalue weighted by atomic mass is 9.74. The van der Waals surface area contributed by atoms with Gasteiger partial charge in [-0.2, -0.15) is 0 Å². The van der Waals surface area contributed by atoms with Crippen LogP contribution in [-0.2, 0) is 16.1 Å². The van der Waals surface area contributed by atoms with Gasteiger partial charge in [-0.05, 0) is 17.9 Å². The highest BCUT2D eigenvalue weighted by Crippen LogP contribution is 2.29. The van der Waals surface area contributed by atoms with E-state index < -0.39 is 30.5 Å². The molecule has 33 heavy (non-hydrogen) atoms. The largest absolute Gasteiger partial charge is 0.475 e. The van der Waals surface area contributed by atoms with Crippen LogP contribution in [0.2, 0.25) is 0 Å². The number of rotatable bonds is 10. The summed E-state index contributed by atoms with van der Waals surface area (Å²) in [5, 5.41) is 29.0. The van der Waals surface area contributed by atoms with Crippen molar-refractivity contribution < 1.29 is 24.5 Å². The normalized spacial score (nSPS) is 18.3. The van der Waals surface area contributed by atoms with E-state index in [1.165, 1.54) is 18.6 Å². The Morgan fingerprint density at radius 1 is 1.21 bits per heavy atom. The Kier molecular flexibility index (Phi) is 8.13. The average Bonchev–Trinajstić information content (AvgIpc) is 3.22. The molecular weight excluding hydrogens is 425 g/mol. The van der Waals surface area contributed by atoms with Crippen LogP contribution in [0.4, 0.5) is 0 Å². The summed E-state index contributed by atoms with van der Waals surface area (Å²) in [6, 6.07) is 9.34. The van der Waals surface area contributed by atoms with Gasteiger partial charge in [-0.25, -0.2) is 4.98 Å². The van der Waals surface area contributed by atoms with Gasteiger partial charge < -0.3 is 25.5 Å². The molecule has 0 fully saturated rings. The average molecular weight is 453 g/mol. The number of nitrogens with one attached hydrogen (secondary N) is 2. The van der Waals surface area contributed by atoms with Gasteiger partial charge in [-0.3, -0.25) is 14.6 Å². The van der Waals surface area contributed by atoms with Crippen molar-refractivity contribution in [2.45, 2.75) is 44.7 Å². The lowest BCUT2D eigenvalue weighted by molar-refractivity contribution is -0.144. The molecule has 10 nitrogen and oxygen atoms in total. The first-order valence-corrected chi connectivity index (χ1v) is 10.8. The van der Waals surface area contributed by atoms with Crippen molar-refractivity contribution in [2.24, 2.45) is 11.1 Å². The van der Waals surface area contributed by atoms with Crippen LogP contribution in [0.3, 0.4) is 0 Å². The fraction of sp³-hybridized carbons (Fsp3) is 0.409. The van der Waals surface area contributed by atoms with Crippen molar-refractivity contribution in [1.82, 2.24) is 20.6 Å². The quantitative estimate of drug-likeness (QED) is 0.384. The number of nitrogens with zero attached hydrogens (tertiary/aromatic N) is 3. The zero-order valence-electron chi connectivity index (χ0n) is 18.6. The van der Waals surface area contributed by atoms with E-state index in [0.717, 1.165) is 5.56 Å². The number of hydrogen-bond donors (Lipinski definition) is 4. The minimum atomic E-state index is -1.71. The Morgan fingerprint density at radius 2 is 1.97 bits per heavy atom. The van der Waals surface area contributed by atoms with Crippen molar-refractivity contribution in [2.75, 3.05) is 6.54 Å². The number of aromatic nitrogens is 2. The summed E-state index contributed by atoms with van der Waals surface area (Å²) in [7, 11) is -1.71. The third-order valence-corrected chi connectivity index (χ3v) is 5.24. The Bertz CT molecular complexity index is 974. The Morgan fingerprint density at radius 3 is 2.61 bits per heavy atom.